The van der Waals surface area contributed by atoms with Gasteiger partial charge in [0.05, 0.1) is 12.5 Å². The number of carbonyl (C=O) groups excluding carboxylic acids is 1. The summed E-state index contributed by atoms with van der Waals surface area (Å²) in [6, 6.07) is 0. The first-order valence-electron chi connectivity index (χ1n) is 12.0. The van der Waals surface area contributed by atoms with Crippen molar-refractivity contribution in [1.82, 2.24) is 0 Å². The molecule has 0 aromatic heterocycles. The lowest BCUT2D eigenvalue weighted by Crippen LogP contribution is -2.55. The molecule has 0 saturated heterocycles. The zero-order valence-electron chi connectivity index (χ0n) is 19.4. The Morgan fingerprint density at radius 2 is 1.87 bits per heavy atom. The lowest BCUT2D eigenvalue weighted by molar-refractivity contribution is -0.172. The van der Waals surface area contributed by atoms with Gasteiger partial charge in [-0.1, -0.05) is 6.92 Å². The van der Waals surface area contributed by atoms with Crippen molar-refractivity contribution in [3.05, 3.63) is 0 Å². The van der Waals surface area contributed by atoms with Gasteiger partial charge in [0.1, 0.15) is 0 Å². The highest BCUT2D eigenvalue weighted by atomic mass is 16.5. The Kier molecular flexibility index (Phi) is 7.21. The summed E-state index contributed by atoms with van der Waals surface area (Å²) in [5.74, 6) is 1.61. The molecule has 176 valence electrons. The van der Waals surface area contributed by atoms with Crippen LogP contribution in [0, 0.1) is 40.4 Å². The van der Waals surface area contributed by atoms with Crippen molar-refractivity contribution in [3.8, 4) is 0 Å². The van der Waals surface area contributed by atoms with Gasteiger partial charge in [0.25, 0.3) is 0 Å². The number of hydrogen-bond donors (Lipinski definition) is 3. The van der Waals surface area contributed by atoms with Crippen LogP contribution in [0.25, 0.3) is 0 Å². The first-order chi connectivity index (χ1) is 14.6. The summed E-state index contributed by atoms with van der Waals surface area (Å²) in [4.78, 5) is 28.3. The highest BCUT2D eigenvalue weighted by Gasteiger charge is 2.58. The van der Waals surface area contributed by atoms with Crippen LogP contribution in [-0.2, 0) is 14.3 Å². The lowest BCUT2D eigenvalue weighted by atomic mass is 9.44. The Morgan fingerprint density at radius 1 is 1.13 bits per heavy atom. The predicted molar refractivity (Wildman–Crippen MR) is 120 cm³/mol. The predicted octanol–water partition coefficient (Wildman–Crippen LogP) is 3.55. The third-order valence-electron chi connectivity index (χ3n) is 9.25. The fraction of sp³-hybridized carbons (Fsp3) is 0.875. The van der Waals surface area contributed by atoms with Gasteiger partial charge in [0.2, 0.25) is 0 Å². The number of guanidine groups is 1. The van der Waals surface area contributed by atoms with E-state index >= 15 is 0 Å². The van der Waals surface area contributed by atoms with Crippen molar-refractivity contribution in [2.24, 2.45) is 56.9 Å². The molecule has 3 fully saturated rings. The number of rotatable bonds is 7. The van der Waals surface area contributed by atoms with Crippen LogP contribution in [0.2, 0.25) is 0 Å². The molecule has 3 saturated carbocycles. The van der Waals surface area contributed by atoms with Crippen LogP contribution >= 0.6 is 0 Å². The number of aliphatic imine (C=N–C) groups is 1. The fourth-order valence-corrected chi connectivity index (χ4v) is 7.64. The number of nitrogens with zero attached hydrogens (tertiary/aromatic N) is 1. The van der Waals surface area contributed by atoms with Crippen molar-refractivity contribution in [2.75, 3.05) is 13.7 Å². The van der Waals surface area contributed by atoms with Crippen molar-refractivity contribution in [1.29, 1.82) is 0 Å². The Bertz CT molecular complexity index is 707. The third kappa shape index (κ3) is 4.70. The van der Waals surface area contributed by atoms with E-state index in [0.717, 1.165) is 57.8 Å². The van der Waals surface area contributed by atoms with Crippen molar-refractivity contribution < 1.29 is 19.4 Å². The average Bonchev–Trinajstić information content (AvgIpc) is 2.71. The largest absolute Gasteiger partial charge is 0.481 e. The van der Waals surface area contributed by atoms with Gasteiger partial charge in [-0.05, 0) is 99.7 Å². The molecule has 0 heterocycles. The molecule has 31 heavy (non-hydrogen) atoms. The molecule has 0 aromatic carbocycles. The lowest BCUT2D eigenvalue weighted by Gasteiger charge is -2.61. The Morgan fingerprint density at radius 3 is 2.52 bits per heavy atom. The number of esters is 1. The number of nitrogens with two attached hydrogens (primary N) is 2. The highest BCUT2D eigenvalue weighted by molar-refractivity contribution is 5.77. The summed E-state index contributed by atoms with van der Waals surface area (Å²) in [6.07, 6.45) is 9.39. The number of hydrogen-bond acceptors (Lipinski definition) is 4. The summed E-state index contributed by atoms with van der Waals surface area (Å²) >= 11 is 0. The summed E-state index contributed by atoms with van der Waals surface area (Å²) in [7, 11) is 1.50. The molecule has 3 aliphatic rings. The molecule has 0 spiro atoms. The average molecular weight is 436 g/mol. The molecule has 3 rings (SSSR count). The van der Waals surface area contributed by atoms with Gasteiger partial charge < -0.3 is 21.3 Å². The second-order valence-corrected chi connectivity index (χ2v) is 10.8. The number of aliphatic carboxylic acids is 1. The van der Waals surface area contributed by atoms with Crippen LogP contribution in [0.3, 0.4) is 0 Å². The van der Waals surface area contributed by atoms with Crippen LogP contribution < -0.4 is 11.5 Å². The molecule has 0 radical (unpaired) electrons. The third-order valence-corrected chi connectivity index (χ3v) is 9.25. The molecule has 7 atom stereocenters. The van der Waals surface area contributed by atoms with Crippen LogP contribution in [0.4, 0.5) is 0 Å². The molecule has 5 N–H and O–H groups in total. The first-order valence-corrected chi connectivity index (χ1v) is 12.0. The standard InChI is InChI=1S/C24H41N3O4/c1-23-10-8-15(14-20(28)29)13-16(23)6-7-17-18(5-4-12-27-22(25)26)24(2,21(30)31-3)11-9-19(17)23/h15-19H,4-14H2,1-3H3,(H,28,29)(H4,25,26,27)/t15-,16?,17?,18-,19?,23-,24-/m0/s1. The minimum atomic E-state index is -0.672. The van der Waals surface area contributed by atoms with Gasteiger partial charge in [-0.2, -0.15) is 0 Å². The monoisotopic (exact) mass is 435 g/mol. The second-order valence-electron chi connectivity index (χ2n) is 10.8. The molecule has 3 aliphatic carbocycles. The Labute approximate surface area is 186 Å². The summed E-state index contributed by atoms with van der Waals surface area (Å²) in [5.41, 5.74) is 10.8. The molecule has 0 bridgehead atoms. The number of fused-ring (bicyclic) bond motifs is 3. The van der Waals surface area contributed by atoms with Crippen LogP contribution in [0.15, 0.2) is 4.99 Å². The van der Waals surface area contributed by atoms with Crippen LogP contribution in [-0.4, -0.2) is 36.7 Å². The van der Waals surface area contributed by atoms with E-state index in [0.29, 0.717) is 36.6 Å². The van der Waals surface area contributed by atoms with E-state index in [9.17, 15) is 14.7 Å². The fourth-order valence-electron chi connectivity index (χ4n) is 7.64. The Balaban J connectivity index is 1.80. The number of carboxylic acid groups (broad SMARTS) is 1. The van der Waals surface area contributed by atoms with Crippen LogP contribution in [0.5, 0.6) is 0 Å². The summed E-state index contributed by atoms with van der Waals surface area (Å²) in [5, 5.41) is 9.25. The van der Waals surface area contributed by atoms with Crippen LogP contribution in [0.1, 0.15) is 78.1 Å². The number of carbonyl (C=O) groups is 2. The van der Waals surface area contributed by atoms with Gasteiger partial charge in [-0.15, -0.1) is 0 Å². The van der Waals surface area contributed by atoms with E-state index in [1.165, 1.54) is 7.11 Å². The minimum absolute atomic E-state index is 0.0877. The minimum Gasteiger partial charge on any atom is -0.481 e. The van der Waals surface area contributed by atoms with E-state index in [1.807, 2.05) is 0 Å². The van der Waals surface area contributed by atoms with E-state index in [4.69, 9.17) is 16.2 Å². The molecule has 7 heteroatoms. The number of methoxy groups -OCH3 is 1. The van der Waals surface area contributed by atoms with Crippen molar-refractivity contribution in [3.63, 3.8) is 0 Å². The molecule has 3 unspecified atom stereocenters. The zero-order chi connectivity index (χ0) is 22.8. The van der Waals surface area contributed by atoms with Gasteiger partial charge in [-0.25, -0.2) is 0 Å². The Hall–Kier alpha value is -1.79. The summed E-state index contributed by atoms with van der Waals surface area (Å²) in [6.45, 7) is 5.13. The quantitative estimate of drug-likeness (QED) is 0.243. The number of carboxylic acids is 1. The van der Waals surface area contributed by atoms with E-state index < -0.39 is 11.4 Å². The van der Waals surface area contributed by atoms with Gasteiger partial charge >= 0.3 is 11.9 Å². The molecular formula is C24H41N3O4. The normalized spacial score (nSPS) is 39.6. The van der Waals surface area contributed by atoms with Gasteiger partial charge in [0, 0.05) is 13.0 Å². The molecule has 0 amide bonds. The van der Waals surface area contributed by atoms with E-state index in [2.05, 4.69) is 18.8 Å². The maximum Gasteiger partial charge on any atom is 0.311 e. The smallest absolute Gasteiger partial charge is 0.311 e. The number of ether oxygens (including phenoxy) is 1. The van der Waals surface area contributed by atoms with Crippen molar-refractivity contribution in [2.45, 2.75) is 78.1 Å². The maximum absolute atomic E-state index is 12.9. The maximum atomic E-state index is 12.9. The van der Waals surface area contributed by atoms with Gasteiger partial charge in [-0.3, -0.25) is 14.6 Å². The first kappa shape index (κ1) is 23.9. The summed E-state index contributed by atoms with van der Waals surface area (Å²) < 4.78 is 5.27. The zero-order valence-corrected chi connectivity index (χ0v) is 19.4. The van der Waals surface area contributed by atoms with Crippen molar-refractivity contribution >= 4 is 17.9 Å². The SMILES string of the molecule is COC(=O)[C@@]1(C)CCC2C(CCC3C[C@@H](CC(=O)O)CC[C@@]32C)[C@@H]1CCCN=C(N)N. The molecule has 0 aromatic rings. The highest BCUT2D eigenvalue weighted by Crippen LogP contribution is 2.64. The van der Waals surface area contributed by atoms with E-state index in [1.54, 1.807) is 0 Å². The van der Waals surface area contributed by atoms with Gasteiger partial charge in [0.15, 0.2) is 5.96 Å². The molecule has 7 nitrogen and oxygen atoms in total. The van der Waals surface area contributed by atoms with E-state index in [-0.39, 0.29) is 23.3 Å². The molecular weight excluding hydrogens is 394 g/mol. The molecule has 0 aliphatic heterocycles. The second kappa shape index (κ2) is 9.37. The topological polar surface area (TPSA) is 128 Å².